The molecule has 25 heteroatoms. The second-order valence-electron chi connectivity index (χ2n) is 14.3. The molecular formula is C44H20Cl8MnN4O8S4. The van der Waals surface area contributed by atoms with E-state index in [4.69, 9.17) is 113 Å². The topological polar surface area (TPSA) is 203 Å². The van der Waals surface area contributed by atoms with Crippen LogP contribution >= 0.6 is 92.8 Å². The third-order valence-corrected chi connectivity index (χ3v) is 16.6. The standard InChI is InChI=1S/C44H20Cl8N4O8S4.Mn/c45-29-31(47)39-26(18-3-11-22(12-4-18)66(59)60)41-33(49)35(51)43(55-41)28(20-7-15-24(16-8-20)68(63)64)44-36(52)34(50)42(56-44)27(19-5-13-23(14-6-19)67(61)62)40-32(48)30(46)38(54-40)25(37(29)53-39)17-1-9-21(10-2-17)65(57)58;/h1-16H,(H,57,58)(H,59,60)(H,61,62)(H,63,64);/q-2;+2. The Kier molecular flexibility index (Phi) is 15.6. The Morgan fingerprint density at radius 2 is 0.507 bits per heavy atom. The third-order valence-electron chi connectivity index (χ3n) is 10.6. The molecule has 0 saturated heterocycles. The van der Waals surface area contributed by atoms with Crippen molar-refractivity contribution in [2.45, 2.75) is 19.6 Å². The van der Waals surface area contributed by atoms with E-state index in [2.05, 4.69) is 0 Å². The van der Waals surface area contributed by atoms with Crippen molar-refractivity contribution < 1.29 is 52.1 Å². The van der Waals surface area contributed by atoms with E-state index in [0.29, 0.717) is 22.3 Å². The second-order valence-corrected chi connectivity index (χ2v) is 21.2. The summed E-state index contributed by atoms with van der Waals surface area (Å²) in [7, 11) is 0. The Morgan fingerprint density at radius 3 is 0.667 bits per heavy atom. The first kappa shape index (κ1) is 52.1. The first-order valence-electron chi connectivity index (χ1n) is 18.8. The molecule has 7 aromatic rings. The summed E-state index contributed by atoms with van der Waals surface area (Å²) in [5.41, 5.74) is 1.66. The Labute approximate surface area is 451 Å². The van der Waals surface area contributed by atoms with Gasteiger partial charge in [-0.2, -0.15) is 0 Å². The monoisotopic (exact) mass is 1190 g/mol. The summed E-state index contributed by atoms with van der Waals surface area (Å²) >= 11 is 48.2. The normalized spacial score (nSPS) is 14.4. The van der Waals surface area contributed by atoms with Crippen molar-refractivity contribution in [1.29, 1.82) is 0 Å². The van der Waals surface area contributed by atoms with E-state index in [1.54, 1.807) is 0 Å². The maximum Gasteiger partial charge on any atom is 2.00 e. The maximum atomic E-state index is 12.1. The zero-order chi connectivity index (χ0) is 48.6. The minimum atomic E-state index is -2.37. The summed E-state index contributed by atoms with van der Waals surface area (Å²) in [6.07, 6.45) is 0. The quantitative estimate of drug-likeness (QED) is 0.0829. The molecule has 2 aliphatic heterocycles. The SMILES string of the molecule is O=S(O)c1ccc(-c2c3nc(c(-c4ccc(S(=O)O)cc4)c4[n-]c(c(Cl)c4Cl)c(-c4ccc(S(=O)O)cc4)c4nc(c(-c5ccc(S(=O)O)cc5)c5[n-]c2c(Cl)c5Cl)C(Cl)=C4Cl)C(Cl)=C3Cl)cc1.[Mn+2]. The summed E-state index contributed by atoms with van der Waals surface area (Å²) in [5, 5.41) is -1.04. The minimum absolute atomic E-state index is 0. The van der Waals surface area contributed by atoms with Gasteiger partial charge in [-0.15, -0.1) is 22.1 Å². The number of hydrogen-bond acceptors (Lipinski definition) is 6. The Morgan fingerprint density at radius 1 is 0.333 bits per heavy atom. The van der Waals surface area contributed by atoms with Gasteiger partial charge in [0.15, 0.2) is 44.3 Å². The third kappa shape index (κ3) is 9.40. The number of aromatic nitrogens is 4. The molecule has 0 spiro atoms. The van der Waals surface area contributed by atoms with Gasteiger partial charge in [0.05, 0.1) is 62.5 Å². The van der Waals surface area contributed by atoms with E-state index < -0.39 is 44.3 Å². The minimum Gasteiger partial charge on any atom is -0.654 e. The van der Waals surface area contributed by atoms with Gasteiger partial charge in [0.1, 0.15) is 0 Å². The van der Waals surface area contributed by atoms with Crippen molar-refractivity contribution >= 4 is 179 Å². The summed E-state index contributed by atoms with van der Waals surface area (Å²) in [6.45, 7) is 0. The average molecular weight is 1200 g/mol. The zero-order valence-electron chi connectivity index (χ0n) is 33.5. The molecule has 2 aliphatic rings. The van der Waals surface area contributed by atoms with Crippen molar-refractivity contribution in [1.82, 2.24) is 19.9 Å². The van der Waals surface area contributed by atoms with E-state index in [-0.39, 0.29) is 144 Å². The largest absolute Gasteiger partial charge is 2.00 e. The van der Waals surface area contributed by atoms with Crippen molar-refractivity contribution in [2.24, 2.45) is 0 Å². The summed E-state index contributed by atoms with van der Waals surface area (Å²) in [6, 6.07) is 23.2. The van der Waals surface area contributed by atoms with Crippen LogP contribution in [0.1, 0.15) is 22.8 Å². The van der Waals surface area contributed by atoms with Crippen LogP contribution in [0.5, 0.6) is 0 Å². The van der Waals surface area contributed by atoms with Crippen molar-refractivity contribution in [3.63, 3.8) is 0 Å². The zero-order valence-corrected chi connectivity index (χ0v) is 44.0. The molecule has 0 aliphatic carbocycles. The van der Waals surface area contributed by atoms with Gasteiger partial charge in [-0.1, -0.05) is 141 Å². The molecule has 9 rings (SSSR count). The van der Waals surface area contributed by atoms with Crippen molar-refractivity contribution in [3.05, 3.63) is 140 Å². The van der Waals surface area contributed by atoms with Crippen LogP contribution in [0.2, 0.25) is 20.1 Å². The number of hydrogen-bond donors (Lipinski definition) is 4. The molecule has 1 radical (unpaired) electrons. The molecule has 69 heavy (non-hydrogen) atoms. The van der Waals surface area contributed by atoms with Crippen LogP contribution in [0, 0.1) is 0 Å². The number of benzene rings is 4. The van der Waals surface area contributed by atoms with Gasteiger partial charge < -0.3 is 28.2 Å². The fourth-order valence-corrected chi connectivity index (χ4v) is 10.8. The molecule has 0 saturated carbocycles. The van der Waals surface area contributed by atoms with Crippen LogP contribution in [0.15, 0.2) is 117 Å². The van der Waals surface area contributed by atoms with Crippen molar-refractivity contribution in [3.8, 4) is 44.5 Å². The molecule has 12 nitrogen and oxygen atoms in total. The Balaban J connectivity index is 0.00000642. The van der Waals surface area contributed by atoms with Gasteiger partial charge in [-0.25, -0.2) is 26.8 Å². The summed E-state index contributed by atoms with van der Waals surface area (Å²) < 4.78 is 88.1. The van der Waals surface area contributed by atoms with Gasteiger partial charge in [0, 0.05) is 20.1 Å². The molecule has 4 unspecified atom stereocenters. The van der Waals surface area contributed by atoms with Gasteiger partial charge in [-0.05, 0) is 93.0 Å². The molecule has 0 fully saturated rings. The van der Waals surface area contributed by atoms with E-state index in [9.17, 15) is 35.0 Å². The van der Waals surface area contributed by atoms with Crippen LogP contribution in [0.3, 0.4) is 0 Å². The molecular weight excluding hydrogens is 1180 g/mol. The molecule has 4 N–H and O–H groups in total. The van der Waals surface area contributed by atoms with E-state index in [1.165, 1.54) is 97.1 Å². The van der Waals surface area contributed by atoms with Crippen LogP contribution in [-0.4, -0.2) is 45.0 Å². The first-order valence-corrected chi connectivity index (χ1v) is 26.3. The fraction of sp³-hybridized carbons (Fsp3) is 0. The maximum absolute atomic E-state index is 12.1. The molecule has 8 bridgehead atoms. The van der Waals surface area contributed by atoms with E-state index in [0.717, 1.165) is 0 Å². The average Bonchev–Trinajstić information content (AvgIpc) is 3.98. The molecule has 351 valence electrons. The van der Waals surface area contributed by atoms with E-state index >= 15 is 0 Å². The fourth-order valence-electron chi connectivity index (χ4n) is 7.49. The van der Waals surface area contributed by atoms with Crippen LogP contribution in [0.4, 0.5) is 0 Å². The molecule has 3 aromatic heterocycles. The van der Waals surface area contributed by atoms with Crippen molar-refractivity contribution in [2.75, 3.05) is 0 Å². The van der Waals surface area contributed by atoms with Gasteiger partial charge >= 0.3 is 17.1 Å². The summed E-state index contributed by atoms with van der Waals surface area (Å²) in [4.78, 5) is 20.3. The molecule has 5 heterocycles. The van der Waals surface area contributed by atoms with Gasteiger partial charge in [0.2, 0.25) is 0 Å². The number of halogens is 8. The predicted octanol–water partition coefficient (Wildman–Crippen LogP) is 13.8. The predicted molar refractivity (Wildman–Crippen MR) is 274 cm³/mol. The van der Waals surface area contributed by atoms with Gasteiger partial charge in [-0.3, -0.25) is 0 Å². The van der Waals surface area contributed by atoms with Crippen LogP contribution in [0.25, 0.3) is 86.7 Å². The first-order chi connectivity index (χ1) is 32.4. The van der Waals surface area contributed by atoms with Gasteiger partial charge in [0.25, 0.3) is 0 Å². The Bertz CT molecular complexity index is 3200. The second kappa shape index (κ2) is 20.7. The van der Waals surface area contributed by atoms with Crippen LogP contribution in [-0.2, 0) is 61.4 Å². The number of rotatable bonds is 8. The smallest absolute Gasteiger partial charge is 0.654 e. The summed E-state index contributed by atoms with van der Waals surface area (Å²) in [5.74, 6) is 0. The Hall–Kier alpha value is -3.24. The molecule has 4 atom stereocenters. The molecule has 0 amide bonds. The molecule has 4 aromatic carbocycles. The van der Waals surface area contributed by atoms with E-state index in [1.807, 2.05) is 0 Å². The van der Waals surface area contributed by atoms with Crippen LogP contribution < -0.4 is 9.97 Å². The number of nitrogens with zero attached hydrogens (tertiary/aromatic N) is 4. The number of fused-ring (bicyclic) bond motifs is 8.